The fourth-order valence-electron chi connectivity index (χ4n) is 1.97. The first-order chi connectivity index (χ1) is 8.70. The zero-order chi connectivity index (χ0) is 13.0. The quantitative estimate of drug-likeness (QED) is 0.810. The van der Waals surface area contributed by atoms with Crippen molar-refractivity contribution in [2.75, 3.05) is 19.1 Å². The second kappa shape index (κ2) is 5.58. The van der Waals surface area contributed by atoms with Gasteiger partial charge in [0.15, 0.2) is 0 Å². The smallest absolute Gasteiger partial charge is 0.119 e. The van der Waals surface area contributed by atoms with E-state index in [1.807, 2.05) is 12.1 Å². The Balaban J connectivity index is 2.18. The van der Waals surface area contributed by atoms with Crippen LogP contribution < -0.4 is 9.64 Å². The van der Waals surface area contributed by atoms with Gasteiger partial charge in [0.2, 0.25) is 0 Å². The number of para-hydroxylation sites is 1. The molecule has 0 aliphatic heterocycles. The van der Waals surface area contributed by atoms with Crippen molar-refractivity contribution < 1.29 is 4.74 Å². The predicted octanol–water partition coefficient (Wildman–Crippen LogP) is 3.64. The monoisotopic (exact) mass is 241 g/mol. The minimum Gasteiger partial charge on any atom is -0.497 e. The molecule has 2 nitrogen and oxygen atoms in total. The second-order valence-corrected chi connectivity index (χ2v) is 4.48. The lowest BCUT2D eigenvalue weighted by atomic mass is 10.1. The number of anilines is 1. The maximum Gasteiger partial charge on any atom is 0.119 e. The van der Waals surface area contributed by atoms with Gasteiger partial charge in [-0.2, -0.15) is 0 Å². The highest BCUT2D eigenvalue weighted by Gasteiger charge is 2.05. The van der Waals surface area contributed by atoms with Crippen LogP contribution in [0.3, 0.4) is 0 Å². The molecule has 2 heteroatoms. The lowest BCUT2D eigenvalue weighted by molar-refractivity contribution is 0.414. The van der Waals surface area contributed by atoms with Crippen molar-refractivity contribution in [3.05, 3.63) is 59.7 Å². The molecule has 0 saturated heterocycles. The zero-order valence-corrected chi connectivity index (χ0v) is 11.2. The summed E-state index contributed by atoms with van der Waals surface area (Å²) in [6, 6.07) is 16.6. The number of aryl methyl sites for hydroxylation is 1. The fraction of sp³-hybridized carbons (Fsp3) is 0.250. The third-order valence-electron chi connectivity index (χ3n) is 3.16. The summed E-state index contributed by atoms with van der Waals surface area (Å²) in [5, 5.41) is 0. The van der Waals surface area contributed by atoms with Crippen molar-refractivity contribution in [2.24, 2.45) is 0 Å². The molecule has 0 aromatic heterocycles. The van der Waals surface area contributed by atoms with E-state index in [9.17, 15) is 0 Å². The van der Waals surface area contributed by atoms with Gasteiger partial charge in [-0.25, -0.2) is 0 Å². The average Bonchev–Trinajstić information content (AvgIpc) is 2.42. The minimum absolute atomic E-state index is 0.882. The molecule has 0 N–H and O–H groups in total. The lowest BCUT2D eigenvalue weighted by Crippen LogP contribution is -2.16. The summed E-state index contributed by atoms with van der Waals surface area (Å²) >= 11 is 0. The first-order valence-electron chi connectivity index (χ1n) is 6.10. The Labute approximate surface area is 109 Å². The highest BCUT2D eigenvalue weighted by molar-refractivity contribution is 5.47. The largest absolute Gasteiger partial charge is 0.497 e. The van der Waals surface area contributed by atoms with E-state index in [-0.39, 0.29) is 0 Å². The maximum atomic E-state index is 5.28. The van der Waals surface area contributed by atoms with Crippen molar-refractivity contribution in [1.29, 1.82) is 0 Å². The number of benzene rings is 2. The van der Waals surface area contributed by atoms with E-state index in [2.05, 4.69) is 55.3 Å². The molecule has 0 radical (unpaired) electrons. The molecule has 0 aliphatic carbocycles. The summed E-state index contributed by atoms with van der Waals surface area (Å²) in [6.45, 7) is 3.01. The van der Waals surface area contributed by atoms with Crippen LogP contribution in [0.1, 0.15) is 11.1 Å². The van der Waals surface area contributed by atoms with E-state index in [0.29, 0.717) is 0 Å². The van der Waals surface area contributed by atoms with Crippen LogP contribution in [0.4, 0.5) is 5.69 Å². The molecule has 0 unspecified atom stereocenters. The van der Waals surface area contributed by atoms with E-state index in [1.54, 1.807) is 7.11 Å². The molecule has 2 rings (SSSR count). The van der Waals surface area contributed by atoms with Gasteiger partial charge in [0.05, 0.1) is 7.11 Å². The molecule has 2 aromatic carbocycles. The Morgan fingerprint density at radius 3 is 2.44 bits per heavy atom. The van der Waals surface area contributed by atoms with Gasteiger partial charge >= 0.3 is 0 Å². The summed E-state index contributed by atoms with van der Waals surface area (Å²) < 4.78 is 5.28. The van der Waals surface area contributed by atoms with Crippen LogP contribution in [-0.4, -0.2) is 14.2 Å². The predicted molar refractivity (Wildman–Crippen MR) is 76.3 cm³/mol. The van der Waals surface area contributed by atoms with E-state index < -0.39 is 0 Å². The van der Waals surface area contributed by atoms with E-state index in [4.69, 9.17) is 4.74 Å². The molecule has 0 fully saturated rings. The molecule has 0 amide bonds. The number of methoxy groups -OCH3 is 1. The average molecular weight is 241 g/mol. The molecule has 0 bridgehead atoms. The SMILES string of the molecule is COc1ccc(C)c(CN(C)c2ccccc2)c1. The normalized spacial score (nSPS) is 10.2. The van der Waals surface area contributed by atoms with Gasteiger partial charge in [0, 0.05) is 19.3 Å². The van der Waals surface area contributed by atoms with E-state index in [1.165, 1.54) is 16.8 Å². The Morgan fingerprint density at radius 2 is 1.78 bits per heavy atom. The molecular weight excluding hydrogens is 222 g/mol. The van der Waals surface area contributed by atoms with Crippen molar-refractivity contribution >= 4 is 5.69 Å². The van der Waals surface area contributed by atoms with Crippen LogP contribution in [-0.2, 0) is 6.54 Å². The molecule has 18 heavy (non-hydrogen) atoms. The molecule has 2 aromatic rings. The zero-order valence-electron chi connectivity index (χ0n) is 11.2. The molecule has 94 valence electrons. The third kappa shape index (κ3) is 2.83. The van der Waals surface area contributed by atoms with Crippen LogP contribution >= 0.6 is 0 Å². The molecule has 0 saturated carbocycles. The standard InChI is InChI=1S/C16H19NO/c1-13-9-10-16(18-3)11-14(13)12-17(2)15-7-5-4-6-8-15/h4-11H,12H2,1-3H3. The van der Waals surface area contributed by atoms with Gasteiger partial charge in [-0.3, -0.25) is 0 Å². The van der Waals surface area contributed by atoms with E-state index in [0.717, 1.165) is 12.3 Å². The fourth-order valence-corrected chi connectivity index (χ4v) is 1.97. The van der Waals surface area contributed by atoms with Crippen LogP contribution in [0.5, 0.6) is 5.75 Å². The van der Waals surface area contributed by atoms with Gasteiger partial charge in [-0.15, -0.1) is 0 Å². The summed E-state index contributed by atoms with van der Waals surface area (Å²) in [5.74, 6) is 0.914. The molecule has 0 heterocycles. The van der Waals surface area contributed by atoms with Gasteiger partial charge in [-0.05, 0) is 42.3 Å². The Bertz CT molecular complexity index is 508. The van der Waals surface area contributed by atoms with Crippen LogP contribution in [0, 0.1) is 6.92 Å². The minimum atomic E-state index is 0.882. The topological polar surface area (TPSA) is 12.5 Å². The Kier molecular flexibility index (Phi) is 3.88. The lowest BCUT2D eigenvalue weighted by Gasteiger charge is -2.20. The number of ether oxygens (including phenoxy) is 1. The number of hydrogen-bond acceptors (Lipinski definition) is 2. The number of hydrogen-bond donors (Lipinski definition) is 0. The van der Waals surface area contributed by atoms with Gasteiger partial charge in [0.25, 0.3) is 0 Å². The van der Waals surface area contributed by atoms with Crippen molar-refractivity contribution in [3.63, 3.8) is 0 Å². The summed E-state index contributed by atoms with van der Waals surface area (Å²) in [4.78, 5) is 2.24. The first kappa shape index (κ1) is 12.5. The van der Waals surface area contributed by atoms with Gasteiger partial charge in [-0.1, -0.05) is 24.3 Å². The summed E-state index contributed by atoms with van der Waals surface area (Å²) in [7, 11) is 3.81. The van der Waals surface area contributed by atoms with Crippen molar-refractivity contribution in [2.45, 2.75) is 13.5 Å². The van der Waals surface area contributed by atoms with Gasteiger partial charge in [0.1, 0.15) is 5.75 Å². The highest BCUT2D eigenvalue weighted by Crippen LogP contribution is 2.21. The molecule has 0 spiro atoms. The molecule has 0 atom stereocenters. The number of nitrogens with zero attached hydrogens (tertiary/aromatic N) is 1. The maximum absolute atomic E-state index is 5.28. The molecule has 0 aliphatic rings. The van der Waals surface area contributed by atoms with Crippen LogP contribution in [0.15, 0.2) is 48.5 Å². The highest BCUT2D eigenvalue weighted by atomic mass is 16.5. The van der Waals surface area contributed by atoms with Crippen molar-refractivity contribution in [3.8, 4) is 5.75 Å². The Morgan fingerprint density at radius 1 is 1.06 bits per heavy atom. The van der Waals surface area contributed by atoms with E-state index >= 15 is 0 Å². The second-order valence-electron chi connectivity index (χ2n) is 4.48. The molecular formula is C16H19NO. The van der Waals surface area contributed by atoms with Crippen LogP contribution in [0.25, 0.3) is 0 Å². The van der Waals surface area contributed by atoms with Crippen molar-refractivity contribution in [1.82, 2.24) is 0 Å². The van der Waals surface area contributed by atoms with Crippen LogP contribution in [0.2, 0.25) is 0 Å². The summed E-state index contributed by atoms with van der Waals surface area (Å²) in [5.41, 5.74) is 3.80. The number of rotatable bonds is 4. The summed E-state index contributed by atoms with van der Waals surface area (Å²) in [6.07, 6.45) is 0. The Hall–Kier alpha value is -1.96. The third-order valence-corrected chi connectivity index (χ3v) is 3.16. The first-order valence-corrected chi connectivity index (χ1v) is 6.10. The van der Waals surface area contributed by atoms with Gasteiger partial charge < -0.3 is 9.64 Å².